The van der Waals surface area contributed by atoms with Gasteiger partial charge in [0.25, 0.3) is 5.56 Å². The number of aryl methyl sites for hydroxylation is 3. The van der Waals surface area contributed by atoms with Crippen molar-refractivity contribution >= 4 is 28.0 Å². The molecular formula is C26H30N6O. The van der Waals surface area contributed by atoms with Gasteiger partial charge < -0.3 is 14.4 Å². The van der Waals surface area contributed by atoms with E-state index in [-0.39, 0.29) is 5.56 Å². The van der Waals surface area contributed by atoms with E-state index in [9.17, 15) is 4.79 Å². The van der Waals surface area contributed by atoms with Crippen molar-refractivity contribution in [1.82, 2.24) is 19.3 Å². The molecule has 7 nitrogen and oxygen atoms in total. The summed E-state index contributed by atoms with van der Waals surface area (Å²) in [6, 6.07) is 8.62. The first-order chi connectivity index (χ1) is 15.7. The van der Waals surface area contributed by atoms with Gasteiger partial charge in [0.2, 0.25) is 0 Å². The van der Waals surface area contributed by atoms with Crippen LogP contribution in [0.5, 0.6) is 0 Å². The van der Waals surface area contributed by atoms with E-state index in [4.69, 9.17) is 4.98 Å². The second kappa shape index (κ2) is 7.76. The zero-order valence-electron chi connectivity index (χ0n) is 20.1. The van der Waals surface area contributed by atoms with Gasteiger partial charge in [0.1, 0.15) is 0 Å². The van der Waals surface area contributed by atoms with Crippen molar-refractivity contribution < 1.29 is 0 Å². The minimum atomic E-state index is 0.0518. The van der Waals surface area contributed by atoms with Gasteiger partial charge in [-0.15, -0.1) is 0 Å². The third-order valence-electron chi connectivity index (χ3n) is 6.70. The van der Waals surface area contributed by atoms with Gasteiger partial charge in [-0.2, -0.15) is 5.10 Å². The molecule has 1 aromatic carbocycles. The number of hydrogen-bond donors (Lipinski definition) is 0. The topological polar surface area (TPSA) is 59.2 Å². The molecular weight excluding hydrogens is 412 g/mol. The van der Waals surface area contributed by atoms with Crippen LogP contribution in [0.1, 0.15) is 30.9 Å². The molecule has 33 heavy (non-hydrogen) atoms. The molecule has 0 bridgehead atoms. The molecule has 0 aliphatic carbocycles. The Labute approximate surface area is 193 Å². The average Bonchev–Trinajstić information content (AvgIpc) is 3.23. The van der Waals surface area contributed by atoms with Gasteiger partial charge in [-0.05, 0) is 42.7 Å². The fourth-order valence-electron chi connectivity index (χ4n) is 4.68. The Balaban J connectivity index is 1.73. The first kappa shape index (κ1) is 21.2. The van der Waals surface area contributed by atoms with Gasteiger partial charge in [0, 0.05) is 56.9 Å². The number of rotatable bonds is 3. The molecule has 4 heterocycles. The van der Waals surface area contributed by atoms with Crippen molar-refractivity contribution in [3.63, 3.8) is 0 Å². The smallest absolute Gasteiger partial charge is 0.253 e. The van der Waals surface area contributed by atoms with Crippen LogP contribution < -0.4 is 15.4 Å². The van der Waals surface area contributed by atoms with Crippen LogP contribution in [0.4, 0.5) is 17.1 Å². The molecule has 0 saturated heterocycles. The lowest BCUT2D eigenvalue weighted by molar-refractivity contribution is 0.768. The van der Waals surface area contributed by atoms with Crippen molar-refractivity contribution in [3.05, 3.63) is 64.3 Å². The summed E-state index contributed by atoms with van der Waals surface area (Å²) in [5, 5.41) is 5.38. The van der Waals surface area contributed by atoms with E-state index < -0.39 is 0 Å². The second-order valence-corrected chi connectivity index (χ2v) is 9.35. The van der Waals surface area contributed by atoms with Crippen LogP contribution >= 0.6 is 0 Å². The summed E-state index contributed by atoms with van der Waals surface area (Å²) in [7, 11) is 5.91. The molecule has 0 saturated carbocycles. The molecule has 0 unspecified atom stereocenters. The van der Waals surface area contributed by atoms with Gasteiger partial charge in [0.15, 0.2) is 0 Å². The first-order valence-corrected chi connectivity index (χ1v) is 11.4. The minimum absolute atomic E-state index is 0.0518. The molecule has 170 valence electrons. The second-order valence-electron chi connectivity index (χ2n) is 9.35. The highest BCUT2D eigenvalue weighted by Crippen LogP contribution is 2.42. The zero-order valence-corrected chi connectivity index (χ0v) is 20.1. The maximum absolute atomic E-state index is 12.7. The van der Waals surface area contributed by atoms with E-state index in [1.54, 1.807) is 9.25 Å². The molecule has 0 radical (unpaired) electrons. The zero-order chi connectivity index (χ0) is 23.4. The van der Waals surface area contributed by atoms with E-state index in [2.05, 4.69) is 54.0 Å². The Bertz CT molecular complexity index is 1430. The summed E-state index contributed by atoms with van der Waals surface area (Å²) < 4.78 is 3.57. The summed E-state index contributed by atoms with van der Waals surface area (Å²) in [5.41, 5.74) is 8.24. The van der Waals surface area contributed by atoms with Crippen LogP contribution in [-0.2, 0) is 14.1 Å². The number of hydrogen-bond acceptors (Lipinski definition) is 5. The molecule has 4 aromatic rings. The van der Waals surface area contributed by atoms with E-state index in [0.717, 1.165) is 57.9 Å². The highest BCUT2D eigenvalue weighted by Gasteiger charge is 2.25. The highest BCUT2D eigenvalue weighted by molar-refractivity contribution is 5.97. The van der Waals surface area contributed by atoms with Crippen molar-refractivity contribution in [2.24, 2.45) is 14.1 Å². The number of fused-ring (bicyclic) bond motifs is 2. The number of likely N-dealkylation sites (N-methyl/N-ethyl adjacent to an activating group) is 1. The fourth-order valence-corrected chi connectivity index (χ4v) is 4.68. The number of pyridine rings is 2. The maximum Gasteiger partial charge on any atom is 0.253 e. The summed E-state index contributed by atoms with van der Waals surface area (Å²) in [5.74, 6) is 0.350. The summed E-state index contributed by atoms with van der Waals surface area (Å²) >= 11 is 0. The molecule has 0 atom stereocenters. The molecule has 7 heteroatoms. The lowest BCUT2D eigenvalue weighted by Crippen LogP contribution is -2.37. The van der Waals surface area contributed by atoms with E-state index in [0.29, 0.717) is 5.92 Å². The number of nitrogens with zero attached hydrogens (tertiary/aromatic N) is 6. The van der Waals surface area contributed by atoms with Gasteiger partial charge in [-0.1, -0.05) is 13.8 Å². The van der Waals surface area contributed by atoms with E-state index >= 15 is 0 Å². The number of aromatic nitrogens is 4. The monoisotopic (exact) mass is 442 g/mol. The lowest BCUT2D eigenvalue weighted by atomic mass is 9.98. The lowest BCUT2D eigenvalue weighted by Gasteiger charge is -2.38. The summed E-state index contributed by atoms with van der Waals surface area (Å²) in [6.45, 7) is 8.01. The molecule has 0 amide bonds. The molecule has 1 aliphatic rings. The van der Waals surface area contributed by atoms with Crippen molar-refractivity contribution in [2.75, 3.05) is 29.9 Å². The van der Waals surface area contributed by atoms with Gasteiger partial charge >= 0.3 is 0 Å². The molecule has 3 aromatic heterocycles. The van der Waals surface area contributed by atoms with Crippen LogP contribution in [-0.4, -0.2) is 39.5 Å². The fraction of sp³-hybridized carbons (Fsp3) is 0.346. The Morgan fingerprint density at radius 3 is 2.42 bits per heavy atom. The Morgan fingerprint density at radius 1 is 0.939 bits per heavy atom. The van der Waals surface area contributed by atoms with E-state index in [1.807, 2.05) is 45.7 Å². The predicted octanol–water partition coefficient (Wildman–Crippen LogP) is 4.35. The van der Waals surface area contributed by atoms with Crippen molar-refractivity contribution in [2.45, 2.75) is 26.7 Å². The van der Waals surface area contributed by atoms with Gasteiger partial charge in [0.05, 0.1) is 40.7 Å². The summed E-state index contributed by atoms with van der Waals surface area (Å²) in [4.78, 5) is 22.1. The van der Waals surface area contributed by atoms with E-state index in [1.165, 1.54) is 5.56 Å². The van der Waals surface area contributed by atoms with Crippen molar-refractivity contribution in [3.8, 4) is 11.3 Å². The molecule has 5 rings (SSSR count). The Hall–Kier alpha value is -3.61. The molecule has 0 spiro atoms. The quantitative estimate of drug-likeness (QED) is 0.472. The SMILES string of the molecule is Cc1cc2c(N3CCN(C)c4cc(-c5cnn(C)c5)ncc43)cc(C(C)C)cc2n(C)c1=O. The normalized spacial score (nSPS) is 13.8. The third kappa shape index (κ3) is 3.48. The molecule has 0 fully saturated rings. The van der Waals surface area contributed by atoms with Crippen LogP contribution in [0.25, 0.3) is 22.2 Å². The molecule has 1 aliphatic heterocycles. The van der Waals surface area contributed by atoms with Crippen LogP contribution in [0.15, 0.2) is 47.7 Å². The van der Waals surface area contributed by atoms with Crippen LogP contribution in [0.3, 0.4) is 0 Å². The minimum Gasteiger partial charge on any atom is -0.371 e. The van der Waals surface area contributed by atoms with Crippen molar-refractivity contribution in [1.29, 1.82) is 0 Å². The molecule has 0 N–H and O–H groups in total. The van der Waals surface area contributed by atoms with Gasteiger partial charge in [-0.3, -0.25) is 14.5 Å². The van der Waals surface area contributed by atoms with Crippen LogP contribution in [0.2, 0.25) is 0 Å². The first-order valence-electron chi connectivity index (χ1n) is 11.4. The maximum atomic E-state index is 12.7. The Morgan fingerprint density at radius 2 is 1.73 bits per heavy atom. The standard InChI is InChI=1S/C26H30N6O/c1-16(2)18-10-22-20(9-17(3)26(33)31(22)6)23(11-18)32-8-7-29(4)24-12-21(27-14-25(24)32)19-13-28-30(5)15-19/h9-16H,7-8H2,1-6H3. The third-order valence-corrected chi connectivity index (χ3v) is 6.70. The predicted molar refractivity (Wildman–Crippen MR) is 135 cm³/mol. The average molecular weight is 443 g/mol. The highest BCUT2D eigenvalue weighted by atomic mass is 16.1. The van der Waals surface area contributed by atoms with Crippen LogP contribution in [0, 0.1) is 6.92 Å². The van der Waals surface area contributed by atoms with Gasteiger partial charge in [-0.25, -0.2) is 0 Å². The summed E-state index contributed by atoms with van der Waals surface area (Å²) in [6.07, 6.45) is 5.80. The largest absolute Gasteiger partial charge is 0.371 e. The number of anilines is 3. The Kier molecular flexibility index (Phi) is 5.00. The number of benzene rings is 1.